The molecule has 6 nitrogen and oxygen atoms in total. The first-order valence-corrected chi connectivity index (χ1v) is 6.85. The smallest absolute Gasteiger partial charge is 0.308 e. The first-order chi connectivity index (χ1) is 9.04. The zero-order chi connectivity index (χ0) is 14.0. The van der Waals surface area contributed by atoms with Crippen molar-refractivity contribution < 1.29 is 19.5 Å². The van der Waals surface area contributed by atoms with Crippen LogP contribution in [0.25, 0.3) is 0 Å². The van der Waals surface area contributed by atoms with Gasteiger partial charge in [-0.05, 0) is 19.3 Å². The van der Waals surface area contributed by atoms with Gasteiger partial charge in [0.15, 0.2) is 0 Å². The zero-order valence-electron chi connectivity index (χ0n) is 11.2. The summed E-state index contributed by atoms with van der Waals surface area (Å²) in [6.45, 7) is 3.28. The van der Waals surface area contributed by atoms with Crippen molar-refractivity contribution in [3.8, 4) is 0 Å². The number of carbonyl (C=O) groups is 3. The molecule has 0 unspecified atom stereocenters. The Kier molecular flexibility index (Phi) is 4.07. The number of likely N-dealkylation sites (tertiary alicyclic amines) is 2. The van der Waals surface area contributed by atoms with Gasteiger partial charge in [-0.2, -0.15) is 0 Å². The van der Waals surface area contributed by atoms with Crippen LogP contribution in [0.3, 0.4) is 0 Å². The van der Waals surface area contributed by atoms with Crippen LogP contribution in [0.4, 0.5) is 0 Å². The lowest BCUT2D eigenvalue weighted by Crippen LogP contribution is -2.48. The second kappa shape index (κ2) is 5.59. The van der Waals surface area contributed by atoms with E-state index in [1.54, 1.807) is 9.80 Å². The fraction of sp³-hybridized carbons (Fsp3) is 0.769. The minimum atomic E-state index is -0.847. The SMILES string of the molecule is CC[C@H](C(=O)N1CC[C@H](C(=O)O)C1)N1CCCC1=O. The molecule has 106 valence electrons. The Morgan fingerprint density at radius 1 is 1.42 bits per heavy atom. The van der Waals surface area contributed by atoms with Crippen molar-refractivity contribution in [1.82, 2.24) is 9.80 Å². The van der Waals surface area contributed by atoms with E-state index in [0.29, 0.717) is 32.4 Å². The van der Waals surface area contributed by atoms with E-state index in [1.807, 2.05) is 6.92 Å². The van der Waals surface area contributed by atoms with E-state index in [1.165, 1.54) is 0 Å². The first kappa shape index (κ1) is 13.8. The van der Waals surface area contributed by atoms with Crippen molar-refractivity contribution in [3.63, 3.8) is 0 Å². The monoisotopic (exact) mass is 268 g/mol. The standard InChI is InChI=1S/C13H20N2O4/c1-2-10(15-6-3-4-11(15)16)12(17)14-7-5-9(8-14)13(18)19/h9-10H,2-8H2,1H3,(H,18,19)/t9-,10+/m0/s1. The molecule has 2 heterocycles. The molecule has 6 heteroatoms. The van der Waals surface area contributed by atoms with Crippen molar-refractivity contribution >= 4 is 17.8 Å². The Balaban J connectivity index is 2.01. The minimum absolute atomic E-state index is 0.0363. The van der Waals surface area contributed by atoms with Crippen molar-refractivity contribution in [1.29, 1.82) is 0 Å². The molecule has 0 aliphatic carbocycles. The van der Waals surface area contributed by atoms with Crippen LogP contribution in [0.15, 0.2) is 0 Å². The maximum atomic E-state index is 12.4. The van der Waals surface area contributed by atoms with Gasteiger partial charge in [0.25, 0.3) is 0 Å². The van der Waals surface area contributed by atoms with Gasteiger partial charge in [0, 0.05) is 26.1 Å². The summed E-state index contributed by atoms with van der Waals surface area (Å²) < 4.78 is 0. The first-order valence-electron chi connectivity index (χ1n) is 6.85. The highest BCUT2D eigenvalue weighted by molar-refractivity contribution is 5.89. The van der Waals surface area contributed by atoms with E-state index >= 15 is 0 Å². The Bertz CT molecular complexity index is 396. The maximum Gasteiger partial charge on any atom is 0.308 e. The highest BCUT2D eigenvalue weighted by Crippen LogP contribution is 2.22. The molecule has 0 saturated carbocycles. The number of rotatable bonds is 4. The van der Waals surface area contributed by atoms with Crippen molar-refractivity contribution in [3.05, 3.63) is 0 Å². The quantitative estimate of drug-likeness (QED) is 0.796. The summed E-state index contributed by atoms with van der Waals surface area (Å²) in [6, 6.07) is -0.414. The Morgan fingerprint density at radius 2 is 2.16 bits per heavy atom. The summed E-state index contributed by atoms with van der Waals surface area (Å²) in [6.07, 6.45) is 2.41. The molecule has 2 atom stereocenters. The van der Waals surface area contributed by atoms with E-state index in [2.05, 4.69) is 0 Å². The number of carboxylic acids is 1. The van der Waals surface area contributed by atoms with Gasteiger partial charge in [-0.3, -0.25) is 14.4 Å². The molecule has 0 radical (unpaired) electrons. The molecule has 2 rings (SSSR count). The van der Waals surface area contributed by atoms with Gasteiger partial charge >= 0.3 is 5.97 Å². The predicted molar refractivity (Wildman–Crippen MR) is 67.3 cm³/mol. The number of aliphatic carboxylic acids is 1. The summed E-state index contributed by atoms with van der Waals surface area (Å²) >= 11 is 0. The van der Waals surface area contributed by atoms with Crippen LogP contribution in [0, 0.1) is 5.92 Å². The van der Waals surface area contributed by atoms with Crippen LogP contribution in [0.5, 0.6) is 0 Å². The Morgan fingerprint density at radius 3 is 2.63 bits per heavy atom. The van der Waals surface area contributed by atoms with E-state index in [4.69, 9.17) is 5.11 Å². The van der Waals surface area contributed by atoms with Gasteiger partial charge in [0.2, 0.25) is 11.8 Å². The molecule has 0 aromatic rings. The van der Waals surface area contributed by atoms with Crippen LogP contribution < -0.4 is 0 Å². The number of nitrogens with zero attached hydrogens (tertiary/aromatic N) is 2. The Labute approximate surface area is 112 Å². The normalized spacial score (nSPS) is 24.9. The van der Waals surface area contributed by atoms with Crippen molar-refractivity contribution in [2.24, 2.45) is 5.92 Å². The lowest BCUT2D eigenvalue weighted by molar-refractivity contribution is -0.144. The molecule has 0 aromatic heterocycles. The molecule has 2 saturated heterocycles. The van der Waals surface area contributed by atoms with E-state index in [0.717, 1.165) is 6.42 Å². The largest absolute Gasteiger partial charge is 0.481 e. The molecule has 19 heavy (non-hydrogen) atoms. The lowest BCUT2D eigenvalue weighted by Gasteiger charge is -2.29. The molecule has 2 aliphatic rings. The van der Waals surface area contributed by atoms with Crippen LogP contribution in [-0.4, -0.2) is 58.4 Å². The number of hydrogen-bond acceptors (Lipinski definition) is 3. The molecular formula is C13H20N2O4. The fourth-order valence-corrected chi connectivity index (χ4v) is 2.90. The van der Waals surface area contributed by atoms with Gasteiger partial charge in [0.1, 0.15) is 6.04 Å². The van der Waals surface area contributed by atoms with Crippen LogP contribution >= 0.6 is 0 Å². The summed E-state index contributed by atoms with van der Waals surface area (Å²) in [5.41, 5.74) is 0. The fourth-order valence-electron chi connectivity index (χ4n) is 2.90. The van der Waals surface area contributed by atoms with E-state index in [-0.39, 0.29) is 18.4 Å². The van der Waals surface area contributed by atoms with Crippen LogP contribution in [0.2, 0.25) is 0 Å². The summed E-state index contributed by atoms with van der Waals surface area (Å²) in [5.74, 6) is -1.37. The number of carbonyl (C=O) groups excluding carboxylic acids is 2. The van der Waals surface area contributed by atoms with Gasteiger partial charge in [0.05, 0.1) is 5.92 Å². The number of hydrogen-bond donors (Lipinski definition) is 1. The zero-order valence-corrected chi connectivity index (χ0v) is 11.2. The number of amides is 2. The van der Waals surface area contributed by atoms with Gasteiger partial charge in [-0.25, -0.2) is 0 Å². The van der Waals surface area contributed by atoms with Crippen LogP contribution in [-0.2, 0) is 14.4 Å². The second-order valence-corrected chi connectivity index (χ2v) is 5.22. The third-order valence-corrected chi connectivity index (χ3v) is 4.01. The highest BCUT2D eigenvalue weighted by atomic mass is 16.4. The van der Waals surface area contributed by atoms with E-state index < -0.39 is 17.9 Å². The molecule has 2 fully saturated rings. The minimum Gasteiger partial charge on any atom is -0.481 e. The van der Waals surface area contributed by atoms with Gasteiger partial charge in [-0.1, -0.05) is 6.92 Å². The van der Waals surface area contributed by atoms with Gasteiger partial charge < -0.3 is 14.9 Å². The molecule has 0 spiro atoms. The average Bonchev–Trinajstić information content (AvgIpc) is 3.00. The third-order valence-electron chi connectivity index (χ3n) is 4.01. The predicted octanol–water partition coefficient (Wildman–Crippen LogP) is 0.320. The molecule has 0 bridgehead atoms. The second-order valence-electron chi connectivity index (χ2n) is 5.22. The maximum absolute atomic E-state index is 12.4. The van der Waals surface area contributed by atoms with Crippen LogP contribution in [0.1, 0.15) is 32.6 Å². The van der Waals surface area contributed by atoms with Crippen molar-refractivity contribution in [2.75, 3.05) is 19.6 Å². The number of carboxylic acid groups (broad SMARTS) is 1. The van der Waals surface area contributed by atoms with Crippen molar-refractivity contribution in [2.45, 2.75) is 38.6 Å². The molecular weight excluding hydrogens is 248 g/mol. The third kappa shape index (κ3) is 2.72. The molecule has 2 amide bonds. The highest BCUT2D eigenvalue weighted by Gasteiger charge is 2.38. The van der Waals surface area contributed by atoms with Gasteiger partial charge in [-0.15, -0.1) is 0 Å². The molecule has 1 N–H and O–H groups in total. The lowest BCUT2D eigenvalue weighted by atomic mass is 10.1. The summed E-state index contributed by atoms with van der Waals surface area (Å²) in [4.78, 5) is 38.3. The Hall–Kier alpha value is -1.59. The topological polar surface area (TPSA) is 77.9 Å². The summed E-state index contributed by atoms with van der Waals surface area (Å²) in [5, 5.41) is 8.96. The molecule has 0 aromatic carbocycles. The summed E-state index contributed by atoms with van der Waals surface area (Å²) in [7, 11) is 0. The average molecular weight is 268 g/mol. The molecule has 2 aliphatic heterocycles. The van der Waals surface area contributed by atoms with E-state index in [9.17, 15) is 14.4 Å².